The Morgan fingerprint density at radius 1 is 1.09 bits per heavy atom. The molecule has 3 rings (SSSR count). The molecular weight excluding hydrogens is 463 g/mol. The molecule has 1 fully saturated rings. The van der Waals surface area contributed by atoms with Crippen LogP contribution in [0.5, 0.6) is 11.5 Å². The molecule has 10 heteroatoms. The maximum Gasteiger partial charge on any atom is 0.265 e. The average molecular weight is 495 g/mol. The molecule has 0 aliphatic heterocycles. The van der Waals surface area contributed by atoms with E-state index in [0.29, 0.717) is 31.4 Å². The van der Waals surface area contributed by atoms with E-state index in [1.807, 2.05) is 0 Å². The van der Waals surface area contributed by atoms with E-state index in [0.717, 1.165) is 23.2 Å². The standard InChI is InChI=1S/C24H31FN2O6S/c1-31-22-13-12-19(16-23(22)32-2)34(29,30)27(21-11-6-5-10-20(21)25)17-24(28)26-14-7-15-33-18-8-3-4-9-18/h5-6,10-13,16,18H,3-4,7-9,14-15,17H2,1-2H3,(H,26,28). The van der Waals surface area contributed by atoms with Crippen LogP contribution >= 0.6 is 0 Å². The monoisotopic (exact) mass is 494 g/mol. The number of ether oxygens (including phenoxy) is 3. The summed E-state index contributed by atoms with van der Waals surface area (Å²) >= 11 is 0. The highest BCUT2D eigenvalue weighted by atomic mass is 32.2. The quantitative estimate of drug-likeness (QED) is 0.454. The molecule has 0 unspecified atom stereocenters. The summed E-state index contributed by atoms with van der Waals surface area (Å²) in [4.78, 5) is 12.5. The van der Waals surface area contributed by atoms with Crippen molar-refractivity contribution in [3.63, 3.8) is 0 Å². The molecule has 2 aromatic rings. The number of sulfonamides is 1. The molecule has 0 atom stereocenters. The Labute approximate surface area is 200 Å². The molecule has 1 saturated carbocycles. The molecule has 186 valence electrons. The summed E-state index contributed by atoms with van der Waals surface area (Å²) in [5, 5.41) is 2.70. The number of methoxy groups -OCH3 is 2. The first kappa shape index (κ1) is 25.8. The zero-order chi connectivity index (χ0) is 24.6. The summed E-state index contributed by atoms with van der Waals surface area (Å²) in [6.45, 7) is 0.264. The summed E-state index contributed by atoms with van der Waals surface area (Å²) in [5.41, 5.74) is -0.225. The number of nitrogens with one attached hydrogen (secondary N) is 1. The number of para-hydroxylation sites is 1. The lowest BCUT2D eigenvalue weighted by molar-refractivity contribution is -0.119. The van der Waals surface area contributed by atoms with Gasteiger partial charge in [-0.2, -0.15) is 0 Å². The van der Waals surface area contributed by atoms with Gasteiger partial charge in [0.25, 0.3) is 10.0 Å². The van der Waals surface area contributed by atoms with Crippen LogP contribution in [0, 0.1) is 5.82 Å². The maximum atomic E-state index is 14.6. The molecule has 0 aromatic heterocycles. The Morgan fingerprint density at radius 3 is 2.47 bits per heavy atom. The first-order valence-corrected chi connectivity index (χ1v) is 12.7. The van der Waals surface area contributed by atoms with Gasteiger partial charge in [0.1, 0.15) is 12.4 Å². The van der Waals surface area contributed by atoms with Gasteiger partial charge in [-0.1, -0.05) is 25.0 Å². The van der Waals surface area contributed by atoms with Crippen molar-refractivity contribution in [1.29, 1.82) is 0 Å². The molecule has 1 aliphatic rings. The SMILES string of the molecule is COc1ccc(S(=O)(=O)N(CC(=O)NCCCOC2CCCC2)c2ccccc2F)cc1OC. The zero-order valence-corrected chi connectivity index (χ0v) is 20.3. The molecular formula is C24H31FN2O6S. The summed E-state index contributed by atoms with van der Waals surface area (Å²) in [5.74, 6) is -0.766. The van der Waals surface area contributed by atoms with Gasteiger partial charge in [0.05, 0.1) is 30.9 Å². The van der Waals surface area contributed by atoms with Crippen LogP contribution in [0.3, 0.4) is 0 Å². The third kappa shape index (κ3) is 6.38. The van der Waals surface area contributed by atoms with Gasteiger partial charge in [0, 0.05) is 19.2 Å². The van der Waals surface area contributed by atoms with Crippen LogP contribution in [0.4, 0.5) is 10.1 Å². The van der Waals surface area contributed by atoms with Gasteiger partial charge in [-0.05, 0) is 43.5 Å². The smallest absolute Gasteiger partial charge is 0.265 e. The molecule has 1 N–H and O–H groups in total. The summed E-state index contributed by atoms with van der Waals surface area (Å²) in [6, 6.07) is 9.46. The Morgan fingerprint density at radius 2 is 1.79 bits per heavy atom. The largest absolute Gasteiger partial charge is 0.493 e. The van der Waals surface area contributed by atoms with E-state index in [4.69, 9.17) is 14.2 Å². The second-order valence-electron chi connectivity index (χ2n) is 7.96. The van der Waals surface area contributed by atoms with E-state index in [1.165, 1.54) is 63.5 Å². The van der Waals surface area contributed by atoms with Gasteiger partial charge in [-0.25, -0.2) is 12.8 Å². The number of amides is 1. The predicted molar refractivity (Wildman–Crippen MR) is 126 cm³/mol. The number of halogens is 1. The lowest BCUT2D eigenvalue weighted by Crippen LogP contribution is -2.41. The lowest BCUT2D eigenvalue weighted by atomic mass is 10.3. The second-order valence-corrected chi connectivity index (χ2v) is 9.82. The van der Waals surface area contributed by atoms with Crippen LogP contribution in [0.1, 0.15) is 32.1 Å². The molecule has 8 nitrogen and oxygen atoms in total. The molecule has 34 heavy (non-hydrogen) atoms. The molecule has 0 saturated heterocycles. The summed E-state index contributed by atoms with van der Waals surface area (Å²) < 4.78 is 58.4. The fourth-order valence-electron chi connectivity index (χ4n) is 3.85. The molecule has 0 spiro atoms. The number of carbonyl (C=O) groups is 1. The lowest BCUT2D eigenvalue weighted by Gasteiger charge is -2.25. The minimum absolute atomic E-state index is 0.161. The first-order valence-electron chi connectivity index (χ1n) is 11.2. The molecule has 1 amide bonds. The molecule has 0 radical (unpaired) electrons. The van der Waals surface area contributed by atoms with Gasteiger partial charge in [-0.15, -0.1) is 0 Å². The van der Waals surface area contributed by atoms with Gasteiger partial charge in [0.15, 0.2) is 11.5 Å². The van der Waals surface area contributed by atoms with Crippen molar-refractivity contribution in [3.8, 4) is 11.5 Å². The molecule has 2 aromatic carbocycles. The molecule has 0 heterocycles. The highest BCUT2D eigenvalue weighted by molar-refractivity contribution is 7.92. The first-order chi connectivity index (χ1) is 16.4. The number of anilines is 1. The van der Waals surface area contributed by atoms with Crippen molar-refractivity contribution in [2.75, 3.05) is 38.2 Å². The van der Waals surface area contributed by atoms with Crippen molar-refractivity contribution in [2.45, 2.75) is 43.1 Å². The number of benzene rings is 2. The highest BCUT2D eigenvalue weighted by Crippen LogP contribution is 2.32. The highest BCUT2D eigenvalue weighted by Gasteiger charge is 2.30. The normalized spacial score (nSPS) is 14.1. The number of hydrogen-bond donors (Lipinski definition) is 1. The minimum atomic E-state index is -4.30. The Hall–Kier alpha value is -2.85. The molecule has 1 aliphatic carbocycles. The predicted octanol–water partition coefficient (Wildman–Crippen LogP) is 3.50. The van der Waals surface area contributed by atoms with E-state index >= 15 is 0 Å². The number of carbonyl (C=O) groups excluding carboxylic acids is 1. The fraction of sp³-hybridized carbons (Fsp3) is 0.458. The van der Waals surface area contributed by atoms with E-state index in [1.54, 1.807) is 0 Å². The Balaban J connectivity index is 1.73. The molecule has 0 bridgehead atoms. The van der Waals surface area contributed by atoms with Gasteiger partial charge < -0.3 is 19.5 Å². The Kier molecular flexibility index (Phi) is 9.12. The zero-order valence-electron chi connectivity index (χ0n) is 19.5. The van der Waals surface area contributed by atoms with E-state index in [-0.39, 0.29) is 16.3 Å². The average Bonchev–Trinajstić information content (AvgIpc) is 3.36. The third-order valence-electron chi connectivity index (χ3n) is 5.65. The van der Waals surface area contributed by atoms with Crippen LogP contribution in [0.25, 0.3) is 0 Å². The topological polar surface area (TPSA) is 94.2 Å². The minimum Gasteiger partial charge on any atom is -0.493 e. The van der Waals surface area contributed by atoms with Crippen molar-refractivity contribution >= 4 is 21.6 Å². The van der Waals surface area contributed by atoms with Crippen LogP contribution in [0.2, 0.25) is 0 Å². The van der Waals surface area contributed by atoms with Crippen molar-refractivity contribution in [2.24, 2.45) is 0 Å². The third-order valence-corrected chi connectivity index (χ3v) is 7.41. The number of hydrogen-bond acceptors (Lipinski definition) is 6. The van der Waals surface area contributed by atoms with Crippen LogP contribution in [0.15, 0.2) is 47.4 Å². The van der Waals surface area contributed by atoms with Gasteiger partial charge in [0.2, 0.25) is 5.91 Å². The van der Waals surface area contributed by atoms with E-state index in [2.05, 4.69) is 5.32 Å². The van der Waals surface area contributed by atoms with Gasteiger partial charge >= 0.3 is 0 Å². The van der Waals surface area contributed by atoms with Crippen molar-refractivity contribution in [1.82, 2.24) is 5.32 Å². The summed E-state index contributed by atoms with van der Waals surface area (Å²) in [6.07, 6.45) is 5.39. The number of nitrogens with zero attached hydrogens (tertiary/aromatic N) is 1. The van der Waals surface area contributed by atoms with E-state index in [9.17, 15) is 17.6 Å². The summed E-state index contributed by atoms with van der Waals surface area (Å²) in [7, 11) is -1.49. The maximum absolute atomic E-state index is 14.6. The van der Waals surface area contributed by atoms with Crippen LogP contribution in [-0.4, -0.2) is 54.3 Å². The fourth-order valence-corrected chi connectivity index (χ4v) is 5.29. The number of rotatable bonds is 12. The second kappa shape index (κ2) is 12.0. The van der Waals surface area contributed by atoms with Crippen LogP contribution in [-0.2, 0) is 19.6 Å². The van der Waals surface area contributed by atoms with Crippen molar-refractivity contribution < 1.29 is 31.8 Å². The Bertz CT molecular complexity index is 1070. The van der Waals surface area contributed by atoms with Crippen LogP contribution < -0.4 is 19.1 Å². The van der Waals surface area contributed by atoms with E-state index < -0.39 is 28.3 Å². The van der Waals surface area contributed by atoms with Gasteiger partial charge in [-0.3, -0.25) is 9.10 Å². The van der Waals surface area contributed by atoms with Crippen molar-refractivity contribution in [3.05, 3.63) is 48.3 Å².